The van der Waals surface area contributed by atoms with Gasteiger partial charge in [-0.1, -0.05) is 36.2 Å². The Morgan fingerprint density at radius 1 is 1.12 bits per heavy atom. The molecule has 4 nitrogen and oxygen atoms in total. The van der Waals surface area contributed by atoms with E-state index in [4.69, 9.17) is 11.6 Å². The quantitative estimate of drug-likeness (QED) is 0.640. The van der Waals surface area contributed by atoms with Crippen LogP contribution in [-0.4, -0.2) is 22.0 Å². The summed E-state index contributed by atoms with van der Waals surface area (Å²) in [5.74, 6) is 1.04. The summed E-state index contributed by atoms with van der Waals surface area (Å²) in [6, 6.07) is 15.2. The zero-order chi connectivity index (χ0) is 17.6. The number of imidazole rings is 1. The standard InChI is InChI=1S/C20H22ClN3O/c1-24-18-11-5-4-10-17(18)23-19(24)12-3-2-6-13-22-20(25)15-8-7-9-16(21)14-15/h4-5,7-11,14H,2-3,6,12-13H2,1H3,(H,22,25). The smallest absolute Gasteiger partial charge is 0.251 e. The largest absolute Gasteiger partial charge is 0.352 e. The number of halogens is 1. The fraction of sp³-hybridized carbons (Fsp3) is 0.300. The molecule has 1 N–H and O–H groups in total. The van der Waals surface area contributed by atoms with Crippen LogP contribution in [0.15, 0.2) is 48.5 Å². The summed E-state index contributed by atoms with van der Waals surface area (Å²) in [6.45, 7) is 0.674. The van der Waals surface area contributed by atoms with Crippen LogP contribution in [0.1, 0.15) is 35.4 Å². The number of para-hydroxylation sites is 2. The molecule has 1 aromatic heterocycles. The zero-order valence-corrected chi connectivity index (χ0v) is 15.1. The van der Waals surface area contributed by atoms with Crippen LogP contribution in [-0.2, 0) is 13.5 Å². The van der Waals surface area contributed by atoms with E-state index in [1.54, 1.807) is 24.3 Å². The maximum Gasteiger partial charge on any atom is 0.251 e. The van der Waals surface area contributed by atoms with Crippen LogP contribution in [0.3, 0.4) is 0 Å². The third-order valence-electron chi connectivity index (χ3n) is 4.33. The molecular weight excluding hydrogens is 334 g/mol. The van der Waals surface area contributed by atoms with Crippen molar-refractivity contribution >= 4 is 28.5 Å². The Morgan fingerprint density at radius 3 is 2.76 bits per heavy atom. The van der Waals surface area contributed by atoms with Crippen LogP contribution >= 0.6 is 11.6 Å². The summed E-state index contributed by atoms with van der Waals surface area (Å²) in [4.78, 5) is 16.7. The number of aryl methyl sites for hydroxylation is 2. The van der Waals surface area contributed by atoms with Crippen LogP contribution in [0.2, 0.25) is 5.02 Å². The maximum atomic E-state index is 12.0. The molecule has 0 bridgehead atoms. The molecule has 0 spiro atoms. The maximum absolute atomic E-state index is 12.0. The highest BCUT2D eigenvalue weighted by Gasteiger charge is 2.07. The lowest BCUT2D eigenvalue weighted by Crippen LogP contribution is -2.24. The molecule has 25 heavy (non-hydrogen) atoms. The van der Waals surface area contributed by atoms with Gasteiger partial charge in [0.05, 0.1) is 11.0 Å². The number of aromatic nitrogens is 2. The van der Waals surface area contributed by atoms with Gasteiger partial charge in [0.1, 0.15) is 5.82 Å². The van der Waals surface area contributed by atoms with Gasteiger partial charge in [0.15, 0.2) is 0 Å². The Kier molecular flexibility index (Phi) is 5.71. The average Bonchev–Trinajstić information content (AvgIpc) is 2.94. The first-order valence-electron chi connectivity index (χ1n) is 8.59. The first-order valence-corrected chi connectivity index (χ1v) is 8.97. The van der Waals surface area contributed by atoms with E-state index in [-0.39, 0.29) is 5.91 Å². The summed E-state index contributed by atoms with van der Waals surface area (Å²) in [5, 5.41) is 3.52. The van der Waals surface area contributed by atoms with E-state index >= 15 is 0 Å². The Labute approximate surface area is 152 Å². The number of carbonyl (C=O) groups excluding carboxylic acids is 1. The highest BCUT2D eigenvalue weighted by Crippen LogP contribution is 2.16. The number of rotatable bonds is 7. The highest BCUT2D eigenvalue weighted by molar-refractivity contribution is 6.30. The average molecular weight is 356 g/mol. The number of hydrogen-bond donors (Lipinski definition) is 1. The van der Waals surface area contributed by atoms with Crippen LogP contribution in [0.25, 0.3) is 11.0 Å². The van der Waals surface area contributed by atoms with Crippen molar-refractivity contribution in [1.82, 2.24) is 14.9 Å². The number of fused-ring (bicyclic) bond motifs is 1. The molecule has 2 aromatic carbocycles. The van der Waals surface area contributed by atoms with Crippen molar-refractivity contribution in [3.05, 3.63) is 64.9 Å². The molecule has 0 saturated heterocycles. The van der Waals surface area contributed by atoms with Gasteiger partial charge < -0.3 is 9.88 Å². The van der Waals surface area contributed by atoms with E-state index in [2.05, 4.69) is 28.0 Å². The predicted octanol–water partition coefficient (Wildman–Crippen LogP) is 4.37. The van der Waals surface area contributed by atoms with Crippen molar-refractivity contribution in [3.63, 3.8) is 0 Å². The Balaban J connectivity index is 1.40. The minimum Gasteiger partial charge on any atom is -0.352 e. The van der Waals surface area contributed by atoms with E-state index in [0.29, 0.717) is 17.1 Å². The number of amides is 1. The van der Waals surface area contributed by atoms with Gasteiger partial charge in [0.25, 0.3) is 5.91 Å². The van der Waals surface area contributed by atoms with Crippen molar-refractivity contribution < 1.29 is 4.79 Å². The van der Waals surface area contributed by atoms with Gasteiger partial charge in [-0.15, -0.1) is 0 Å². The predicted molar refractivity (Wildman–Crippen MR) is 102 cm³/mol. The fourth-order valence-electron chi connectivity index (χ4n) is 2.94. The Bertz CT molecular complexity index is 872. The third-order valence-corrected chi connectivity index (χ3v) is 4.56. The monoisotopic (exact) mass is 355 g/mol. The summed E-state index contributed by atoms with van der Waals surface area (Å²) in [7, 11) is 2.07. The first-order chi connectivity index (χ1) is 12.1. The van der Waals surface area contributed by atoms with Crippen molar-refractivity contribution in [2.75, 3.05) is 6.54 Å². The van der Waals surface area contributed by atoms with Gasteiger partial charge >= 0.3 is 0 Å². The SMILES string of the molecule is Cn1c(CCCCCNC(=O)c2cccc(Cl)c2)nc2ccccc21. The number of carbonyl (C=O) groups is 1. The second-order valence-corrected chi connectivity index (χ2v) is 6.59. The molecule has 3 rings (SSSR count). The van der Waals surface area contributed by atoms with Gasteiger partial charge in [0.2, 0.25) is 0 Å². The highest BCUT2D eigenvalue weighted by atomic mass is 35.5. The number of nitrogens with one attached hydrogen (secondary N) is 1. The Hall–Kier alpha value is -2.33. The lowest BCUT2D eigenvalue weighted by molar-refractivity contribution is 0.0953. The van der Waals surface area contributed by atoms with E-state index in [9.17, 15) is 4.79 Å². The fourth-order valence-corrected chi connectivity index (χ4v) is 3.13. The molecule has 130 valence electrons. The minimum atomic E-state index is -0.0714. The number of hydrogen-bond acceptors (Lipinski definition) is 2. The molecule has 0 aliphatic carbocycles. The molecule has 0 radical (unpaired) electrons. The molecule has 3 aromatic rings. The van der Waals surface area contributed by atoms with Crippen LogP contribution in [0.4, 0.5) is 0 Å². The second-order valence-electron chi connectivity index (χ2n) is 6.15. The second kappa shape index (κ2) is 8.17. The molecule has 0 unspecified atom stereocenters. The van der Waals surface area contributed by atoms with E-state index < -0.39 is 0 Å². The summed E-state index contributed by atoms with van der Waals surface area (Å²) >= 11 is 5.90. The van der Waals surface area contributed by atoms with E-state index in [0.717, 1.165) is 37.0 Å². The summed E-state index contributed by atoms with van der Waals surface area (Å²) in [6.07, 6.45) is 4.02. The zero-order valence-electron chi connectivity index (χ0n) is 14.3. The Morgan fingerprint density at radius 2 is 1.96 bits per heavy atom. The van der Waals surface area contributed by atoms with Crippen LogP contribution < -0.4 is 5.32 Å². The number of benzene rings is 2. The molecule has 1 amide bonds. The van der Waals surface area contributed by atoms with Crippen molar-refractivity contribution in [2.45, 2.75) is 25.7 Å². The molecule has 5 heteroatoms. The lowest BCUT2D eigenvalue weighted by atomic mass is 10.1. The first kappa shape index (κ1) is 17.5. The van der Waals surface area contributed by atoms with E-state index in [1.165, 1.54) is 5.52 Å². The van der Waals surface area contributed by atoms with Crippen LogP contribution in [0, 0.1) is 0 Å². The van der Waals surface area contributed by atoms with Gasteiger partial charge in [-0.2, -0.15) is 0 Å². The molecule has 0 aliphatic heterocycles. The topological polar surface area (TPSA) is 46.9 Å². The van der Waals surface area contributed by atoms with E-state index in [1.807, 2.05) is 18.2 Å². The van der Waals surface area contributed by atoms with Crippen molar-refractivity contribution in [1.29, 1.82) is 0 Å². The summed E-state index contributed by atoms with van der Waals surface area (Å²) in [5.41, 5.74) is 2.83. The van der Waals surface area contributed by atoms with Crippen LogP contribution in [0.5, 0.6) is 0 Å². The molecule has 0 saturated carbocycles. The molecule has 0 atom stereocenters. The van der Waals surface area contributed by atoms with Gasteiger partial charge in [0, 0.05) is 30.6 Å². The number of nitrogens with zero attached hydrogens (tertiary/aromatic N) is 2. The summed E-state index contributed by atoms with van der Waals surface area (Å²) < 4.78 is 2.16. The van der Waals surface area contributed by atoms with Gasteiger partial charge in [-0.05, 0) is 43.2 Å². The number of unbranched alkanes of at least 4 members (excludes halogenated alkanes) is 2. The van der Waals surface area contributed by atoms with Crippen molar-refractivity contribution in [3.8, 4) is 0 Å². The van der Waals surface area contributed by atoms with Gasteiger partial charge in [-0.25, -0.2) is 4.98 Å². The van der Waals surface area contributed by atoms with Crippen molar-refractivity contribution in [2.24, 2.45) is 7.05 Å². The molecule has 0 fully saturated rings. The minimum absolute atomic E-state index is 0.0714. The third kappa shape index (κ3) is 4.40. The molecular formula is C20H22ClN3O. The van der Waals surface area contributed by atoms with Gasteiger partial charge in [-0.3, -0.25) is 4.79 Å². The lowest BCUT2D eigenvalue weighted by Gasteiger charge is -2.06. The normalized spacial score (nSPS) is 11.0. The molecule has 1 heterocycles. The molecule has 0 aliphatic rings.